The molecular weight excluding hydrogens is 528 g/mol. The number of hydrogen-bond acceptors (Lipinski definition) is 7. The van der Waals surface area contributed by atoms with Crippen LogP contribution in [0.4, 0.5) is 5.69 Å². The van der Waals surface area contributed by atoms with Crippen molar-refractivity contribution in [1.82, 2.24) is 28.3 Å². The summed E-state index contributed by atoms with van der Waals surface area (Å²) in [4.78, 5) is 24.8. The minimum Gasteiger partial charge on any atom is -0.364 e. The Morgan fingerprint density at radius 2 is 1.82 bits per heavy atom. The number of imidazole rings is 2. The molecule has 0 atom stereocenters. The molecule has 214 valence electrons. The van der Waals surface area contributed by atoms with Crippen molar-refractivity contribution in [2.45, 2.75) is 38.3 Å². The van der Waals surface area contributed by atoms with E-state index in [-0.39, 0.29) is 29.3 Å². The number of carbonyl (C=O) groups is 1. The number of hydrogen-bond donors (Lipinski definition) is 0. The number of sulfonamides is 1. The van der Waals surface area contributed by atoms with Crippen molar-refractivity contribution >= 4 is 21.6 Å². The molecule has 1 aliphatic rings. The smallest absolute Gasteiger partial charge is 0.262 e. The highest BCUT2D eigenvalue weighted by atomic mass is 32.2. The molecule has 0 N–H and O–H groups in total. The van der Waals surface area contributed by atoms with Crippen LogP contribution in [0.25, 0.3) is 0 Å². The SMILES string of the molecule is CC(C)C(=O)N1CCC(CN(CCN(Cc2cncn2C)c2ccc(C#N)cc2)S(=O)(=O)c2cn(C)cn2)CC1. The van der Waals surface area contributed by atoms with E-state index in [1.807, 2.05) is 42.5 Å². The average Bonchev–Trinajstić information content (AvgIpc) is 3.58. The first-order valence-electron chi connectivity index (χ1n) is 13.6. The predicted octanol–water partition coefficient (Wildman–Crippen LogP) is 2.62. The predicted molar refractivity (Wildman–Crippen MR) is 152 cm³/mol. The number of anilines is 1. The quantitative estimate of drug-likeness (QED) is 0.350. The lowest BCUT2D eigenvalue weighted by atomic mass is 9.96. The van der Waals surface area contributed by atoms with Crippen LogP contribution in [-0.4, -0.2) is 75.4 Å². The van der Waals surface area contributed by atoms with Crippen molar-refractivity contribution in [2.75, 3.05) is 37.6 Å². The lowest BCUT2D eigenvalue weighted by Gasteiger charge is -2.36. The highest BCUT2D eigenvalue weighted by Gasteiger charge is 2.32. The Kier molecular flexibility index (Phi) is 9.27. The van der Waals surface area contributed by atoms with Gasteiger partial charge >= 0.3 is 0 Å². The van der Waals surface area contributed by atoms with Crippen LogP contribution in [0.2, 0.25) is 0 Å². The summed E-state index contributed by atoms with van der Waals surface area (Å²) in [6.45, 7) is 6.64. The molecule has 11 nitrogen and oxygen atoms in total. The Morgan fingerprint density at radius 1 is 1.12 bits per heavy atom. The first-order valence-corrected chi connectivity index (χ1v) is 15.0. The normalized spacial score (nSPS) is 14.6. The Morgan fingerprint density at radius 3 is 2.38 bits per heavy atom. The highest BCUT2D eigenvalue weighted by Crippen LogP contribution is 2.24. The van der Waals surface area contributed by atoms with Crippen molar-refractivity contribution in [3.63, 3.8) is 0 Å². The van der Waals surface area contributed by atoms with Gasteiger partial charge in [-0.1, -0.05) is 13.8 Å². The van der Waals surface area contributed by atoms with E-state index >= 15 is 0 Å². The first kappa shape index (κ1) is 29.3. The summed E-state index contributed by atoms with van der Waals surface area (Å²) < 4.78 is 32.7. The third-order valence-electron chi connectivity index (χ3n) is 7.42. The molecule has 1 aliphatic heterocycles. The molecule has 1 saturated heterocycles. The van der Waals surface area contributed by atoms with Crippen LogP contribution in [0.15, 0.2) is 54.3 Å². The largest absolute Gasteiger partial charge is 0.364 e. The maximum Gasteiger partial charge on any atom is 0.262 e. The molecule has 12 heteroatoms. The summed E-state index contributed by atoms with van der Waals surface area (Å²) in [6.07, 6.45) is 8.06. The molecule has 0 radical (unpaired) electrons. The summed E-state index contributed by atoms with van der Waals surface area (Å²) in [7, 11) is -0.176. The lowest BCUT2D eigenvalue weighted by molar-refractivity contribution is -0.135. The van der Waals surface area contributed by atoms with Crippen LogP contribution >= 0.6 is 0 Å². The summed E-state index contributed by atoms with van der Waals surface area (Å²) in [5.41, 5.74) is 2.42. The standard InChI is InChI=1S/C28H38N8O3S/c1-22(2)28(37)34-11-9-24(10-12-34)17-36(40(38,39)27-19-32(3)21-31-27)14-13-35(18-26-16-30-20-33(26)4)25-7-5-23(15-29)6-8-25/h5-8,16,19-22,24H,9-14,17-18H2,1-4H3. The van der Waals surface area contributed by atoms with E-state index in [0.717, 1.165) is 24.2 Å². The van der Waals surface area contributed by atoms with Gasteiger partial charge in [0.05, 0.1) is 36.5 Å². The number of nitrogens with zero attached hydrogens (tertiary/aromatic N) is 8. The monoisotopic (exact) mass is 566 g/mol. The number of carbonyl (C=O) groups excluding carboxylic acids is 1. The van der Waals surface area contributed by atoms with E-state index in [2.05, 4.69) is 20.9 Å². The third kappa shape index (κ3) is 6.89. The van der Waals surface area contributed by atoms with Gasteiger partial charge in [-0.3, -0.25) is 4.79 Å². The minimum atomic E-state index is -3.85. The van der Waals surface area contributed by atoms with Gasteiger partial charge < -0.3 is 18.9 Å². The maximum atomic E-state index is 13.8. The van der Waals surface area contributed by atoms with E-state index in [4.69, 9.17) is 0 Å². The molecule has 1 amide bonds. The van der Waals surface area contributed by atoms with Gasteiger partial charge in [-0.05, 0) is 43.0 Å². The summed E-state index contributed by atoms with van der Waals surface area (Å²) in [5, 5.41) is 9.26. The molecule has 4 rings (SSSR count). The summed E-state index contributed by atoms with van der Waals surface area (Å²) in [6, 6.07) is 9.44. The minimum absolute atomic E-state index is 0.0268. The van der Waals surface area contributed by atoms with E-state index in [9.17, 15) is 18.5 Å². The van der Waals surface area contributed by atoms with Gasteiger partial charge in [-0.2, -0.15) is 9.57 Å². The maximum absolute atomic E-state index is 13.8. The number of likely N-dealkylation sites (tertiary alicyclic amines) is 1. The topological polar surface area (TPSA) is 120 Å². The van der Waals surface area contributed by atoms with Crippen LogP contribution in [0.3, 0.4) is 0 Å². The third-order valence-corrected chi connectivity index (χ3v) is 9.17. The van der Waals surface area contributed by atoms with E-state index in [0.29, 0.717) is 38.3 Å². The molecule has 3 aromatic rings. The van der Waals surface area contributed by atoms with Gasteiger partial charge in [0.15, 0.2) is 5.03 Å². The second-order valence-corrected chi connectivity index (χ2v) is 12.6. The number of amides is 1. The van der Waals surface area contributed by atoms with Crippen molar-refractivity contribution in [3.8, 4) is 6.07 Å². The van der Waals surface area contributed by atoms with Gasteiger partial charge in [0, 0.05) is 70.8 Å². The van der Waals surface area contributed by atoms with Gasteiger partial charge in [0.25, 0.3) is 10.0 Å². The van der Waals surface area contributed by atoms with Gasteiger partial charge in [0.1, 0.15) is 0 Å². The zero-order valence-electron chi connectivity index (χ0n) is 23.6. The number of aryl methyl sites for hydroxylation is 2. The molecule has 0 saturated carbocycles. The molecule has 0 bridgehead atoms. The van der Waals surface area contributed by atoms with E-state index in [1.54, 1.807) is 40.6 Å². The van der Waals surface area contributed by atoms with Crippen molar-refractivity contribution < 1.29 is 13.2 Å². The number of rotatable bonds is 11. The van der Waals surface area contributed by atoms with Crippen LogP contribution < -0.4 is 4.90 Å². The number of nitriles is 1. The van der Waals surface area contributed by atoms with Crippen molar-refractivity contribution in [3.05, 3.63) is 60.6 Å². The summed E-state index contributed by atoms with van der Waals surface area (Å²) >= 11 is 0. The zero-order valence-corrected chi connectivity index (χ0v) is 24.5. The number of aromatic nitrogens is 4. The van der Waals surface area contributed by atoms with Crippen LogP contribution in [0.1, 0.15) is 37.9 Å². The molecule has 3 heterocycles. The zero-order chi connectivity index (χ0) is 28.9. The average molecular weight is 567 g/mol. The Bertz CT molecular complexity index is 1430. The van der Waals surface area contributed by atoms with Crippen molar-refractivity contribution in [1.29, 1.82) is 5.26 Å². The molecule has 40 heavy (non-hydrogen) atoms. The number of piperidine rings is 1. The van der Waals surface area contributed by atoms with Crippen LogP contribution in [0, 0.1) is 23.2 Å². The fourth-order valence-corrected chi connectivity index (χ4v) is 6.44. The van der Waals surface area contributed by atoms with Gasteiger partial charge in [0.2, 0.25) is 5.91 Å². The first-order chi connectivity index (χ1) is 19.1. The molecule has 1 fully saturated rings. The Hall–Kier alpha value is -3.69. The Balaban J connectivity index is 1.55. The number of benzene rings is 1. The molecule has 0 unspecified atom stereocenters. The van der Waals surface area contributed by atoms with Gasteiger partial charge in [-0.25, -0.2) is 18.4 Å². The summed E-state index contributed by atoms with van der Waals surface area (Å²) in [5.74, 6) is 0.227. The molecule has 1 aromatic carbocycles. The second-order valence-electron chi connectivity index (χ2n) is 10.7. The second kappa shape index (κ2) is 12.7. The van der Waals surface area contributed by atoms with Crippen LogP contribution in [0.5, 0.6) is 0 Å². The molecular formula is C28H38N8O3S. The lowest BCUT2D eigenvalue weighted by Crippen LogP contribution is -2.45. The highest BCUT2D eigenvalue weighted by molar-refractivity contribution is 7.89. The molecule has 0 spiro atoms. The molecule has 0 aliphatic carbocycles. The van der Waals surface area contributed by atoms with Crippen molar-refractivity contribution in [2.24, 2.45) is 25.9 Å². The van der Waals surface area contributed by atoms with Gasteiger partial charge in [-0.15, -0.1) is 0 Å². The fraction of sp³-hybridized carbons (Fsp3) is 0.500. The van der Waals surface area contributed by atoms with E-state index in [1.165, 1.54) is 12.5 Å². The Labute approximate surface area is 236 Å². The fourth-order valence-electron chi connectivity index (χ4n) is 4.96. The van der Waals surface area contributed by atoms with E-state index < -0.39 is 10.0 Å². The molecule has 2 aromatic heterocycles. The van der Waals surface area contributed by atoms with Crippen LogP contribution in [-0.2, 0) is 35.5 Å².